The van der Waals surface area contributed by atoms with Gasteiger partial charge in [-0.25, -0.2) is 9.78 Å². The first kappa shape index (κ1) is 20.7. The van der Waals surface area contributed by atoms with Gasteiger partial charge in [-0.15, -0.1) is 6.58 Å². The van der Waals surface area contributed by atoms with E-state index in [-0.39, 0.29) is 12.2 Å². The van der Waals surface area contributed by atoms with Crippen molar-refractivity contribution in [3.8, 4) is 5.75 Å². The van der Waals surface area contributed by atoms with Gasteiger partial charge in [0.25, 0.3) is 5.56 Å². The third-order valence-corrected chi connectivity index (χ3v) is 5.37. The van der Waals surface area contributed by atoms with Crippen LogP contribution in [0.1, 0.15) is 30.9 Å². The van der Waals surface area contributed by atoms with Crippen LogP contribution in [0, 0.1) is 0 Å². The molecule has 152 valence electrons. The third kappa shape index (κ3) is 4.22. The highest BCUT2D eigenvalue weighted by molar-refractivity contribution is 7.99. The number of anilines is 1. The van der Waals surface area contributed by atoms with Crippen LogP contribution in [0.25, 0.3) is 0 Å². The SMILES string of the molecule is C=CCSc1nc2c(c(=O)[nH]1)C(c1ccc(OC)cc1)C(C(=O)OCC)=C(C)N2. The second-order valence-corrected chi connectivity index (χ2v) is 7.33. The van der Waals surface area contributed by atoms with Crippen molar-refractivity contribution in [2.24, 2.45) is 0 Å². The van der Waals surface area contributed by atoms with Crippen LogP contribution in [0.2, 0.25) is 0 Å². The molecule has 29 heavy (non-hydrogen) atoms. The van der Waals surface area contributed by atoms with E-state index in [2.05, 4.69) is 21.9 Å². The van der Waals surface area contributed by atoms with Crippen LogP contribution in [0.5, 0.6) is 5.75 Å². The maximum atomic E-state index is 13.0. The predicted molar refractivity (Wildman–Crippen MR) is 114 cm³/mol. The van der Waals surface area contributed by atoms with Gasteiger partial charge in [0, 0.05) is 11.4 Å². The fourth-order valence-electron chi connectivity index (χ4n) is 3.25. The normalized spacial score (nSPS) is 15.3. The number of carbonyl (C=O) groups is 1. The number of aromatic nitrogens is 2. The number of nitrogens with one attached hydrogen (secondary N) is 2. The Morgan fingerprint density at radius 1 is 1.34 bits per heavy atom. The molecule has 0 amide bonds. The summed E-state index contributed by atoms with van der Waals surface area (Å²) in [6.45, 7) is 7.46. The molecule has 2 N–H and O–H groups in total. The Labute approximate surface area is 173 Å². The Bertz CT molecular complexity index is 1010. The summed E-state index contributed by atoms with van der Waals surface area (Å²) in [6.07, 6.45) is 1.74. The van der Waals surface area contributed by atoms with Crippen molar-refractivity contribution in [2.45, 2.75) is 24.9 Å². The Morgan fingerprint density at radius 3 is 2.69 bits per heavy atom. The van der Waals surface area contributed by atoms with E-state index < -0.39 is 11.9 Å². The number of fused-ring (bicyclic) bond motifs is 1. The van der Waals surface area contributed by atoms with Gasteiger partial charge in [-0.3, -0.25) is 4.79 Å². The number of carbonyl (C=O) groups excluding carboxylic acids is 1. The Hall–Kier alpha value is -3.00. The highest BCUT2D eigenvalue weighted by Crippen LogP contribution is 2.40. The molecular weight excluding hydrogens is 390 g/mol. The van der Waals surface area contributed by atoms with Gasteiger partial charge in [0.1, 0.15) is 11.6 Å². The summed E-state index contributed by atoms with van der Waals surface area (Å²) in [5.74, 6) is 0.669. The molecule has 1 aliphatic heterocycles. The number of hydrogen-bond donors (Lipinski definition) is 2. The minimum Gasteiger partial charge on any atom is -0.497 e. The first-order valence-electron chi connectivity index (χ1n) is 9.16. The topological polar surface area (TPSA) is 93.3 Å². The second-order valence-electron chi connectivity index (χ2n) is 6.32. The monoisotopic (exact) mass is 413 g/mol. The lowest BCUT2D eigenvalue weighted by atomic mass is 9.82. The molecule has 1 aromatic carbocycles. The summed E-state index contributed by atoms with van der Waals surface area (Å²) in [4.78, 5) is 33.1. The molecule has 2 aromatic rings. The van der Waals surface area contributed by atoms with Crippen LogP contribution in [0.4, 0.5) is 5.82 Å². The number of hydrogen-bond acceptors (Lipinski definition) is 7. The van der Waals surface area contributed by atoms with Crippen molar-refractivity contribution in [3.05, 3.63) is 69.7 Å². The van der Waals surface area contributed by atoms with Crippen LogP contribution >= 0.6 is 11.8 Å². The van der Waals surface area contributed by atoms with Gasteiger partial charge in [-0.1, -0.05) is 30.0 Å². The average molecular weight is 413 g/mol. The van der Waals surface area contributed by atoms with Gasteiger partial charge < -0.3 is 19.8 Å². The minimum atomic E-state index is -0.606. The van der Waals surface area contributed by atoms with Crippen LogP contribution in [0.3, 0.4) is 0 Å². The zero-order chi connectivity index (χ0) is 21.0. The van der Waals surface area contributed by atoms with E-state index in [9.17, 15) is 9.59 Å². The van der Waals surface area contributed by atoms with Gasteiger partial charge in [0.15, 0.2) is 5.16 Å². The number of ether oxygens (including phenoxy) is 2. The number of benzene rings is 1. The molecule has 0 saturated carbocycles. The second kappa shape index (κ2) is 9.00. The van der Waals surface area contributed by atoms with E-state index in [1.807, 2.05) is 12.1 Å². The van der Waals surface area contributed by atoms with Gasteiger partial charge >= 0.3 is 5.97 Å². The predicted octanol–water partition coefficient (Wildman–Crippen LogP) is 3.45. The summed E-state index contributed by atoms with van der Waals surface area (Å²) in [5.41, 5.74) is 1.85. The average Bonchev–Trinajstić information content (AvgIpc) is 2.71. The number of allylic oxidation sites excluding steroid dienone is 1. The molecule has 0 fully saturated rings. The summed E-state index contributed by atoms with van der Waals surface area (Å²) in [5, 5.41) is 3.60. The number of nitrogens with zero attached hydrogens (tertiary/aromatic N) is 1. The molecule has 0 saturated heterocycles. The van der Waals surface area contributed by atoms with Crippen LogP contribution in [-0.4, -0.2) is 35.4 Å². The molecule has 1 atom stereocenters. The highest BCUT2D eigenvalue weighted by atomic mass is 32.2. The molecule has 8 heteroatoms. The molecule has 1 aliphatic rings. The summed E-state index contributed by atoms with van der Waals surface area (Å²) in [7, 11) is 1.58. The van der Waals surface area contributed by atoms with Crippen LogP contribution in [0.15, 0.2) is 58.1 Å². The fraction of sp³-hybridized carbons (Fsp3) is 0.286. The molecule has 1 aromatic heterocycles. The molecule has 0 aliphatic carbocycles. The van der Waals surface area contributed by atoms with E-state index in [4.69, 9.17) is 9.47 Å². The molecule has 0 bridgehead atoms. The third-order valence-electron chi connectivity index (χ3n) is 4.50. The molecule has 7 nitrogen and oxygen atoms in total. The van der Waals surface area contributed by atoms with E-state index in [0.717, 1.165) is 5.56 Å². The molecule has 2 heterocycles. The minimum absolute atomic E-state index is 0.240. The molecule has 1 unspecified atom stereocenters. The summed E-state index contributed by atoms with van der Waals surface area (Å²) >= 11 is 1.38. The van der Waals surface area contributed by atoms with Gasteiger partial charge in [-0.05, 0) is 31.5 Å². The maximum absolute atomic E-state index is 13.0. The highest BCUT2D eigenvalue weighted by Gasteiger charge is 2.36. The van der Waals surface area contributed by atoms with E-state index in [1.54, 1.807) is 39.2 Å². The van der Waals surface area contributed by atoms with Crippen molar-refractivity contribution in [1.29, 1.82) is 0 Å². The quantitative estimate of drug-likeness (QED) is 0.311. The molecule has 0 spiro atoms. The van der Waals surface area contributed by atoms with Crippen LogP contribution in [-0.2, 0) is 9.53 Å². The fourth-order valence-corrected chi connectivity index (χ4v) is 3.84. The van der Waals surface area contributed by atoms with E-state index in [1.165, 1.54) is 11.8 Å². The van der Waals surface area contributed by atoms with Crippen molar-refractivity contribution in [2.75, 3.05) is 24.8 Å². The summed E-state index contributed by atoms with van der Waals surface area (Å²) < 4.78 is 10.5. The first-order chi connectivity index (χ1) is 14.0. The molecule has 3 rings (SSSR count). The lowest BCUT2D eigenvalue weighted by molar-refractivity contribution is -0.138. The van der Waals surface area contributed by atoms with Crippen molar-refractivity contribution in [3.63, 3.8) is 0 Å². The summed E-state index contributed by atoms with van der Waals surface area (Å²) in [6, 6.07) is 7.27. The van der Waals surface area contributed by atoms with E-state index in [0.29, 0.717) is 39.3 Å². The molecular formula is C21H23N3O4S. The number of aromatic amines is 1. The first-order valence-corrected chi connectivity index (χ1v) is 10.2. The van der Waals surface area contributed by atoms with Crippen molar-refractivity contribution < 1.29 is 14.3 Å². The zero-order valence-electron chi connectivity index (χ0n) is 16.6. The van der Waals surface area contributed by atoms with Crippen molar-refractivity contribution >= 4 is 23.5 Å². The lowest BCUT2D eigenvalue weighted by Gasteiger charge is -2.28. The van der Waals surface area contributed by atoms with Gasteiger partial charge in [0.2, 0.25) is 0 Å². The number of H-pyrrole nitrogens is 1. The van der Waals surface area contributed by atoms with E-state index >= 15 is 0 Å². The zero-order valence-corrected chi connectivity index (χ0v) is 17.4. The van der Waals surface area contributed by atoms with Gasteiger partial charge in [0.05, 0.1) is 30.8 Å². The van der Waals surface area contributed by atoms with Gasteiger partial charge in [-0.2, -0.15) is 0 Å². The standard InChI is InChI=1S/C21H23N3O4S/c1-5-11-29-21-23-18-17(19(25)24-21)16(13-7-9-14(27-4)10-8-13)15(12(3)22-18)20(26)28-6-2/h5,7-10,16H,1,6,11H2,2-4H3,(H2,22,23,24,25). The smallest absolute Gasteiger partial charge is 0.336 e. The Kier molecular flexibility index (Phi) is 6.43. The van der Waals surface area contributed by atoms with Crippen LogP contribution < -0.4 is 15.6 Å². The lowest BCUT2D eigenvalue weighted by Crippen LogP contribution is -2.31. The number of esters is 1. The molecule has 0 radical (unpaired) electrons. The number of thioether (sulfide) groups is 1. The Morgan fingerprint density at radius 2 is 2.07 bits per heavy atom. The largest absolute Gasteiger partial charge is 0.497 e. The number of methoxy groups -OCH3 is 1. The van der Waals surface area contributed by atoms with Crippen molar-refractivity contribution in [1.82, 2.24) is 9.97 Å². The maximum Gasteiger partial charge on any atom is 0.336 e. The number of rotatable bonds is 7. The Balaban J connectivity index is 2.18.